The molecule has 0 aromatic heterocycles. The molecule has 0 rings (SSSR count). The van der Waals surface area contributed by atoms with E-state index in [9.17, 15) is 5.11 Å². The third-order valence-electron chi connectivity index (χ3n) is 1.83. The molecule has 0 radical (unpaired) electrons. The molecule has 0 spiro atoms. The second-order valence-corrected chi connectivity index (χ2v) is 2.88. The van der Waals surface area contributed by atoms with Gasteiger partial charge in [-0.05, 0) is 0 Å². The molecule has 3 heteroatoms. The first-order valence-corrected chi connectivity index (χ1v) is 4.47. The van der Waals surface area contributed by atoms with Gasteiger partial charge in [-0.25, -0.2) is 0 Å². The minimum Gasteiger partial charge on any atom is -1.00 e. The van der Waals surface area contributed by atoms with Crippen molar-refractivity contribution in [2.45, 2.75) is 58.5 Å². The van der Waals surface area contributed by atoms with E-state index in [0.717, 1.165) is 19.3 Å². The Kier molecular flexibility index (Phi) is 23.2. The molecule has 0 aliphatic rings. The number of rotatable bonds is 6. The predicted octanol–water partition coefficient (Wildman–Crippen LogP) is -1.28. The van der Waals surface area contributed by atoms with Gasteiger partial charge in [-0.2, -0.15) is 0 Å². The molecule has 0 bridgehead atoms. The summed E-state index contributed by atoms with van der Waals surface area (Å²) < 4.78 is 0. The van der Waals surface area contributed by atoms with Gasteiger partial charge in [-0.15, -0.1) is 6.10 Å². The van der Waals surface area contributed by atoms with Crippen molar-refractivity contribution in [1.82, 2.24) is 0 Å². The fraction of sp³-hybridized carbons (Fsp3) is 1.00. The van der Waals surface area contributed by atoms with Crippen LogP contribution in [0.15, 0.2) is 0 Å². The first-order valence-electron chi connectivity index (χ1n) is 4.47. The number of unbranched alkanes of at least 4 members (excludes halogenated alkanes) is 3. The zero-order chi connectivity index (χ0) is 7.82. The zero-order valence-corrected chi connectivity index (χ0v) is 11.3. The van der Waals surface area contributed by atoms with Crippen LogP contribution >= 0.6 is 0 Å². The fourth-order valence-corrected chi connectivity index (χ4v) is 1.00. The van der Waals surface area contributed by atoms with Gasteiger partial charge in [0.25, 0.3) is 0 Å². The van der Waals surface area contributed by atoms with Crippen molar-refractivity contribution < 1.29 is 22.1 Å². The molecule has 0 aliphatic carbocycles. The summed E-state index contributed by atoms with van der Waals surface area (Å²) >= 11 is 0. The van der Waals surface area contributed by atoms with Crippen LogP contribution in [0.25, 0.3) is 0 Å². The van der Waals surface area contributed by atoms with Crippen LogP contribution in [0.2, 0.25) is 0 Å². The van der Waals surface area contributed by atoms with Crippen LogP contribution in [-0.4, -0.2) is 29.2 Å². The Balaban J connectivity index is -0.000000405. The molecule has 1 unspecified atom stereocenters. The molecule has 0 saturated heterocycles. The monoisotopic (exact) mass is 246 g/mol. The van der Waals surface area contributed by atoms with E-state index in [0.29, 0.717) is 0 Å². The summed E-state index contributed by atoms with van der Waals surface area (Å²) in [4.78, 5) is 0. The molecule has 12 heavy (non-hydrogen) atoms. The van der Waals surface area contributed by atoms with Crippen molar-refractivity contribution in [1.29, 1.82) is 0 Å². The first-order chi connectivity index (χ1) is 4.81. The third-order valence-corrected chi connectivity index (χ3v) is 1.83. The van der Waals surface area contributed by atoms with Crippen LogP contribution in [-0.2, 0) is 0 Å². The summed E-state index contributed by atoms with van der Waals surface area (Å²) in [6.07, 6.45) is 6.32. The van der Waals surface area contributed by atoms with E-state index in [2.05, 4.69) is 6.92 Å². The largest absolute Gasteiger partial charge is 2.00 e. The first kappa shape index (κ1) is 18.9. The molecule has 0 heterocycles. The molecule has 0 N–H and O–H groups in total. The summed E-state index contributed by atoms with van der Waals surface area (Å²) in [5, 5.41) is 10.9. The van der Waals surface area contributed by atoms with Gasteiger partial charge < -0.3 is 22.1 Å². The summed E-state index contributed by atoms with van der Waals surface area (Å²) in [5.74, 6) is 0. The second-order valence-electron chi connectivity index (χ2n) is 2.88. The van der Waals surface area contributed by atoms with Crippen molar-refractivity contribution in [3.8, 4) is 0 Å². The minimum absolute atomic E-state index is 0. The molecule has 1 nitrogen and oxygen atoms in total. The average molecular weight is 247 g/mol. The van der Waals surface area contributed by atoms with E-state index < -0.39 is 0 Å². The quantitative estimate of drug-likeness (QED) is 0.423. The molecular weight excluding hydrogens is 228 g/mol. The number of hydrogen-bond acceptors (Lipinski definition) is 1. The molecule has 0 aliphatic heterocycles. The normalized spacial score (nSPS) is 11.2. The van der Waals surface area contributed by atoms with Gasteiger partial charge in [0, 0.05) is 0 Å². The number of halogens is 1. The number of hydrogen-bond donors (Lipinski definition) is 0. The SMILES string of the molecule is CCCCCCC([O-])CC.[Br-].[Mg+2]. The summed E-state index contributed by atoms with van der Waals surface area (Å²) in [6.45, 7) is 4.16. The van der Waals surface area contributed by atoms with Gasteiger partial charge >= 0.3 is 23.1 Å². The van der Waals surface area contributed by atoms with Crippen molar-refractivity contribution in [2.75, 3.05) is 0 Å². The molecular formula is C9H19BrMgO. The van der Waals surface area contributed by atoms with E-state index in [1.54, 1.807) is 0 Å². The van der Waals surface area contributed by atoms with Gasteiger partial charge in [-0.3, -0.25) is 0 Å². The van der Waals surface area contributed by atoms with Gasteiger partial charge in [0.1, 0.15) is 0 Å². The van der Waals surface area contributed by atoms with E-state index >= 15 is 0 Å². The topological polar surface area (TPSA) is 23.1 Å². The maximum Gasteiger partial charge on any atom is 2.00 e. The second kappa shape index (κ2) is 14.7. The molecule has 0 aromatic carbocycles. The maximum absolute atomic E-state index is 10.9. The molecule has 70 valence electrons. The third kappa shape index (κ3) is 13.8. The van der Waals surface area contributed by atoms with Gasteiger partial charge in [0.05, 0.1) is 0 Å². The molecule has 0 aromatic rings. The Morgan fingerprint density at radius 2 is 1.67 bits per heavy atom. The average Bonchev–Trinajstić information content (AvgIpc) is 1.98. The fourth-order valence-electron chi connectivity index (χ4n) is 1.00. The molecule has 0 fully saturated rings. The van der Waals surface area contributed by atoms with Crippen LogP contribution in [0, 0.1) is 0 Å². The summed E-state index contributed by atoms with van der Waals surface area (Å²) in [5.41, 5.74) is 0. The van der Waals surface area contributed by atoms with Crippen LogP contribution in [0.1, 0.15) is 52.4 Å². The van der Waals surface area contributed by atoms with Gasteiger partial charge in [-0.1, -0.05) is 52.4 Å². The Hall–Kier alpha value is 1.21. The van der Waals surface area contributed by atoms with Crippen molar-refractivity contribution in [3.63, 3.8) is 0 Å². The Labute approximate surface area is 103 Å². The maximum atomic E-state index is 10.9. The van der Waals surface area contributed by atoms with Crippen LogP contribution in [0.5, 0.6) is 0 Å². The van der Waals surface area contributed by atoms with Gasteiger partial charge in [0.2, 0.25) is 0 Å². The van der Waals surface area contributed by atoms with Crippen LogP contribution < -0.4 is 22.1 Å². The predicted molar refractivity (Wildman–Crippen MR) is 48.6 cm³/mol. The summed E-state index contributed by atoms with van der Waals surface area (Å²) in [7, 11) is 0. The van der Waals surface area contributed by atoms with Crippen LogP contribution in [0.3, 0.4) is 0 Å². The van der Waals surface area contributed by atoms with Crippen molar-refractivity contribution >= 4 is 23.1 Å². The van der Waals surface area contributed by atoms with E-state index in [1.807, 2.05) is 6.92 Å². The zero-order valence-electron chi connectivity index (χ0n) is 8.31. The Bertz CT molecular complexity index is 71.5. The standard InChI is InChI=1S/C9H19O.BrH.Mg/c1-3-5-6-7-8-9(10)4-2;;/h9H,3-8H2,1-2H3;1H;/q-1;;+2/p-1. The molecule has 0 amide bonds. The molecule has 1 atom stereocenters. The van der Waals surface area contributed by atoms with E-state index in [4.69, 9.17) is 0 Å². The van der Waals surface area contributed by atoms with Crippen LogP contribution in [0.4, 0.5) is 0 Å². The molecule has 0 saturated carbocycles. The van der Waals surface area contributed by atoms with Crippen molar-refractivity contribution in [3.05, 3.63) is 0 Å². The van der Waals surface area contributed by atoms with Crippen molar-refractivity contribution in [2.24, 2.45) is 0 Å². The van der Waals surface area contributed by atoms with E-state index in [-0.39, 0.29) is 46.1 Å². The van der Waals surface area contributed by atoms with E-state index in [1.165, 1.54) is 19.3 Å². The summed E-state index contributed by atoms with van der Waals surface area (Å²) in [6, 6.07) is 0. The van der Waals surface area contributed by atoms with Gasteiger partial charge in [0.15, 0.2) is 0 Å². The smallest absolute Gasteiger partial charge is 1.00 e. The Morgan fingerprint density at radius 1 is 1.08 bits per heavy atom. The Morgan fingerprint density at radius 3 is 2.08 bits per heavy atom. The minimum atomic E-state index is -0.295.